The number of aromatic amines is 2. The molecule has 2 amide bonds. The van der Waals surface area contributed by atoms with Gasteiger partial charge in [0.2, 0.25) is 0 Å². The van der Waals surface area contributed by atoms with E-state index in [2.05, 4.69) is 69.1 Å². The van der Waals surface area contributed by atoms with E-state index in [0.717, 1.165) is 44.3 Å². The van der Waals surface area contributed by atoms with Crippen molar-refractivity contribution >= 4 is 34.3 Å². The van der Waals surface area contributed by atoms with E-state index >= 15 is 0 Å². The van der Waals surface area contributed by atoms with Crippen LogP contribution in [0.15, 0.2) is 60.7 Å². The summed E-state index contributed by atoms with van der Waals surface area (Å²) in [6, 6.07) is 20.1. The van der Waals surface area contributed by atoms with Crippen LogP contribution in [0, 0.1) is 11.8 Å². The second-order valence-electron chi connectivity index (χ2n) is 15.0. The lowest BCUT2D eigenvalue weighted by atomic mass is 10.00. The van der Waals surface area contributed by atoms with Gasteiger partial charge in [0.1, 0.15) is 22.9 Å². The third-order valence-corrected chi connectivity index (χ3v) is 7.82. The van der Waals surface area contributed by atoms with Crippen LogP contribution in [0.25, 0.3) is 44.3 Å². The number of ether oxygens (including phenoxy) is 2. The van der Waals surface area contributed by atoms with Crippen LogP contribution in [0.1, 0.15) is 93.0 Å². The summed E-state index contributed by atoms with van der Waals surface area (Å²) in [5.41, 5.74) is 6.52. The summed E-state index contributed by atoms with van der Waals surface area (Å²) in [6.45, 7) is 19.2. The maximum absolute atomic E-state index is 12.5. The van der Waals surface area contributed by atoms with Crippen molar-refractivity contribution in [3.8, 4) is 22.3 Å². The molecular weight excluding hydrogens is 604 g/mol. The maximum atomic E-state index is 12.5. The number of hydrogen-bond donors (Lipinski definition) is 4. The van der Waals surface area contributed by atoms with Crippen molar-refractivity contribution in [1.82, 2.24) is 30.6 Å². The minimum absolute atomic E-state index is 0.100. The lowest BCUT2D eigenvalue weighted by molar-refractivity contribution is 0.0476. The van der Waals surface area contributed by atoms with E-state index < -0.39 is 23.4 Å². The summed E-state index contributed by atoms with van der Waals surface area (Å²) >= 11 is 0. The third-order valence-electron chi connectivity index (χ3n) is 7.82. The van der Waals surface area contributed by atoms with Crippen molar-refractivity contribution in [1.29, 1.82) is 0 Å². The molecule has 2 heterocycles. The molecule has 10 heteroatoms. The first-order valence-electron chi connectivity index (χ1n) is 16.5. The molecule has 0 saturated carbocycles. The van der Waals surface area contributed by atoms with Gasteiger partial charge in [-0.2, -0.15) is 0 Å². The Hall–Kier alpha value is -4.86. The Morgan fingerprint density at radius 1 is 0.583 bits per heavy atom. The van der Waals surface area contributed by atoms with Gasteiger partial charge in [0.25, 0.3) is 0 Å². The van der Waals surface area contributed by atoms with Crippen molar-refractivity contribution < 1.29 is 19.1 Å². The quantitative estimate of drug-likeness (QED) is 0.132. The van der Waals surface area contributed by atoms with E-state index in [1.807, 2.05) is 81.4 Å². The average molecular weight is 653 g/mol. The fourth-order valence-corrected chi connectivity index (χ4v) is 5.54. The maximum Gasteiger partial charge on any atom is 0.408 e. The monoisotopic (exact) mass is 652 g/mol. The van der Waals surface area contributed by atoms with E-state index in [4.69, 9.17) is 19.4 Å². The van der Waals surface area contributed by atoms with Crippen molar-refractivity contribution in [2.45, 2.75) is 92.5 Å². The molecule has 10 nitrogen and oxygen atoms in total. The van der Waals surface area contributed by atoms with Gasteiger partial charge in [-0.05, 0) is 99.9 Å². The first kappa shape index (κ1) is 34.5. The molecule has 48 heavy (non-hydrogen) atoms. The fourth-order valence-electron chi connectivity index (χ4n) is 5.54. The van der Waals surface area contributed by atoms with Gasteiger partial charge in [-0.1, -0.05) is 64.1 Å². The number of carbonyl (C=O) groups is 2. The molecule has 0 aliphatic rings. The van der Waals surface area contributed by atoms with Gasteiger partial charge in [-0.25, -0.2) is 19.6 Å². The predicted molar refractivity (Wildman–Crippen MR) is 191 cm³/mol. The molecule has 0 saturated heterocycles. The summed E-state index contributed by atoms with van der Waals surface area (Å²) in [6.07, 6.45) is -0.936. The Kier molecular flexibility index (Phi) is 9.58. The second-order valence-corrected chi connectivity index (χ2v) is 15.0. The summed E-state index contributed by atoms with van der Waals surface area (Å²) in [5.74, 6) is 1.58. The highest BCUT2D eigenvalue weighted by atomic mass is 16.6. The summed E-state index contributed by atoms with van der Waals surface area (Å²) in [4.78, 5) is 41.5. The molecule has 5 rings (SSSR count). The molecule has 0 spiro atoms. The standard InChI is InChI=1S/C38H48N6O4/c1-21(2)31(43-35(45)47-37(5,6)7)33-39-27-17-15-25(19-29(27)41-33)23-11-13-24(14-12-23)26-16-18-28-30(20-26)42-34(40-28)32(22(3)4)44-36(46)48-38(8,9)10/h11-22,31-32H,1-10H3,(H,39,41)(H,40,42)(H,43,45)(H,44,46). The number of H-pyrrole nitrogens is 2. The first-order chi connectivity index (χ1) is 22.5. The number of amides is 2. The van der Waals surface area contributed by atoms with E-state index in [0.29, 0.717) is 11.6 Å². The highest BCUT2D eigenvalue weighted by molar-refractivity contribution is 5.85. The number of carbonyl (C=O) groups excluding carboxylic acids is 2. The average Bonchev–Trinajstić information content (AvgIpc) is 3.60. The summed E-state index contributed by atoms with van der Waals surface area (Å²) in [7, 11) is 0. The Bertz CT molecular complexity index is 1770. The number of fused-ring (bicyclic) bond motifs is 2. The molecule has 3 aromatic carbocycles. The van der Waals surface area contributed by atoms with Crippen molar-refractivity contribution in [3.05, 3.63) is 72.3 Å². The molecule has 0 aliphatic carbocycles. The zero-order valence-corrected chi connectivity index (χ0v) is 29.6. The molecule has 0 radical (unpaired) electrons. The highest BCUT2D eigenvalue weighted by Crippen LogP contribution is 2.31. The zero-order chi connectivity index (χ0) is 35.0. The van der Waals surface area contributed by atoms with Gasteiger partial charge in [-0.3, -0.25) is 0 Å². The number of nitrogens with one attached hydrogen (secondary N) is 4. The minimum Gasteiger partial charge on any atom is -0.444 e. The Morgan fingerprint density at radius 2 is 0.917 bits per heavy atom. The molecular formula is C38H48N6O4. The van der Waals surface area contributed by atoms with Gasteiger partial charge in [0.15, 0.2) is 0 Å². The van der Waals surface area contributed by atoms with Gasteiger partial charge in [0.05, 0.1) is 34.2 Å². The van der Waals surface area contributed by atoms with Crippen molar-refractivity contribution in [2.75, 3.05) is 0 Å². The van der Waals surface area contributed by atoms with Crippen LogP contribution in [-0.4, -0.2) is 43.3 Å². The van der Waals surface area contributed by atoms with Gasteiger partial charge < -0.3 is 30.1 Å². The number of imidazole rings is 2. The first-order valence-corrected chi connectivity index (χ1v) is 16.5. The normalized spacial score (nSPS) is 13.6. The number of hydrogen-bond acceptors (Lipinski definition) is 6. The topological polar surface area (TPSA) is 134 Å². The number of nitrogens with zero attached hydrogens (tertiary/aromatic N) is 2. The lowest BCUT2D eigenvalue weighted by Gasteiger charge is -2.24. The van der Waals surface area contributed by atoms with E-state index in [1.54, 1.807) is 0 Å². The molecule has 0 fully saturated rings. The number of benzene rings is 3. The summed E-state index contributed by atoms with van der Waals surface area (Å²) in [5, 5.41) is 5.95. The van der Waals surface area contributed by atoms with Gasteiger partial charge in [0, 0.05) is 0 Å². The number of rotatable bonds is 8. The molecule has 4 N–H and O–H groups in total. The molecule has 0 bridgehead atoms. The van der Waals surface area contributed by atoms with Crippen LogP contribution < -0.4 is 10.6 Å². The van der Waals surface area contributed by atoms with Crippen molar-refractivity contribution in [2.24, 2.45) is 11.8 Å². The SMILES string of the molecule is CC(C)C(NC(=O)OC(C)(C)C)c1nc2ccc(-c3ccc(-c4ccc5nc(C(NC(=O)OC(C)(C)C)C(C)C)[nH]c5c4)cc3)cc2[nH]1. The van der Waals surface area contributed by atoms with Crippen LogP contribution in [-0.2, 0) is 9.47 Å². The largest absolute Gasteiger partial charge is 0.444 e. The van der Waals surface area contributed by atoms with E-state index in [-0.39, 0.29) is 23.9 Å². The number of aromatic nitrogens is 4. The van der Waals surface area contributed by atoms with Crippen LogP contribution in [0.4, 0.5) is 9.59 Å². The van der Waals surface area contributed by atoms with Crippen molar-refractivity contribution in [3.63, 3.8) is 0 Å². The molecule has 2 unspecified atom stereocenters. The fraction of sp³-hybridized carbons (Fsp3) is 0.421. The molecule has 2 aromatic heterocycles. The highest BCUT2D eigenvalue weighted by Gasteiger charge is 2.26. The van der Waals surface area contributed by atoms with Gasteiger partial charge >= 0.3 is 12.2 Å². The Balaban J connectivity index is 1.34. The zero-order valence-electron chi connectivity index (χ0n) is 29.6. The predicted octanol–water partition coefficient (Wildman–Crippen LogP) is 9.22. The molecule has 5 aromatic rings. The van der Waals surface area contributed by atoms with E-state index in [1.165, 1.54) is 0 Å². The summed E-state index contributed by atoms with van der Waals surface area (Å²) < 4.78 is 11.0. The molecule has 254 valence electrons. The second kappa shape index (κ2) is 13.3. The van der Waals surface area contributed by atoms with Gasteiger partial charge in [-0.15, -0.1) is 0 Å². The Morgan fingerprint density at radius 3 is 1.23 bits per heavy atom. The van der Waals surface area contributed by atoms with Crippen LogP contribution >= 0.6 is 0 Å². The molecule has 2 atom stereocenters. The Labute approximate surface area is 282 Å². The minimum atomic E-state index is -0.585. The molecule has 0 aliphatic heterocycles. The van der Waals surface area contributed by atoms with Crippen LogP contribution in [0.5, 0.6) is 0 Å². The lowest BCUT2D eigenvalue weighted by Crippen LogP contribution is -2.37. The van der Waals surface area contributed by atoms with Crippen LogP contribution in [0.3, 0.4) is 0 Å². The smallest absolute Gasteiger partial charge is 0.408 e. The third kappa shape index (κ3) is 8.34. The number of alkyl carbamates (subject to hydrolysis) is 2. The van der Waals surface area contributed by atoms with Crippen LogP contribution in [0.2, 0.25) is 0 Å². The van der Waals surface area contributed by atoms with E-state index in [9.17, 15) is 9.59 Å².